The first-order valence-corrected chi connectivity index (χ1v) is 11.1. The number of rotatable bonds is 1. The van der Waals surface area contributed by atoms with E-state index in [0.29, 0.717) is 33.9 Å². The number of carbonyl (C=O) groups is 2. The summed E-state index contributed by atoms with van der Waals surface area (Å²) in [4.78, 5) is 27.5. The van der Waals surface area contributed by atoms with Crippen LogP contribution in [0.3, 0.4) is 0 Å². The first kappa shape index (κ1) is 19.8. The Morgan fingerprint density at radius 1 is 1.29 bits per heavy atom. The van der Waals surface area contributed by atoms with Gasteiger partial charge in [-0.1, -0.05) is 24.8 Å². The first-order valence-electron chi connectivity index (χ1n) is 9.65. The third-order valence-electron chi connectivity index (χ3n) is 5.97. The quantitative estimate of drug-likeness (QED) is 0.381. The van der Waals surface area contributed by atoms with Gasteiger partial charge in [0, 0.05) is 11.1 Å². The van der Waals surface area contributed by atoms with Crippen LogP contribution in [0.5, 0.6) is 5.75 Å². The molecule has 2 aromatic rings. The molecule has 0 saturated heterocycles. The van der Waals surface area contributed by atoms with Gasteiger partial charge in [-0.25, -0.2) is 0 Å². The van der Waals surface area contributed by atoms with Crippen LogP contribution < -0.4 is 9.64 Å². The second-order valence-electron chi connectivity index (χ2n) is 7.72. The van der Waals surface area contributed by atoms with Gasteiger partial charge in [0.25, 0.3) is 10.1 Å². The molecule has 1 amide bonds. The van der Waals surface area contributed by atoms with Gasteiger partial charge in [-0.2, -0.15) is 8.42 Å². The Morgan fingerprint density at radius 3 is 2.77 bits per heavy atom. The van der Waals surface area contributed by atoms with Crippen LogP contribution in [-0.2, 0) is 35.2 Å². The Bertz CT molecular complexity index is 1280. The summed E-state index contributed by atoms with van der Waals surface area (Å²) in [7, 11) is -2.88. The zero-order valence-electron chi connectivity index (χ0n) is 16.9. The van der Waals surface area contributed by atoms with Crippen LogP contribution in [-0.4, -0.2) is 34.0 Å². The zero-order valence-corrected chi connectivity index (χ0v) is 17.7. The number of amides is 1. The number of hydrogen-bond acceptors (Lipinski definition) is 7. The Balaban J connectivity index is 1.83. The van der Waals surface area contributed by atoms with Gasteiger partial charge in [0.1, 0.15) is 11.5 Å². The average molecular weight is 441 g/mol. The molecule has 31 heavy (non-hydrogen) atoms. The lowest BCUT2D eigenvalue weighted by Gasteiger charge is -2.23. The first-order chi connectivity index (χ1) is 14.7. The fourth-order valence-electron chi connectivity index (χ4n) is 4.55. The summed E-state index contributed by atoms with van der Waals surface area (Å²) in [6.45, 7) is 5.49. The van der Waals surface area contributed by atoms with Crippen molar-refractivity contribution in [1.82, 2.24) is 0 Å². The SMILES string of the molecule is C=C1Oc2c3cc(C)c4c2C(C(=O)OC)C(=O)N4Cc2ccccc2S(=O)(=O)OCC13. The van der Waals surface area contributed by atoms with Crippen LogP contribution in [0.2, 0.25) is 0 Å². The van der Waals surface area contributed by atoms with Crippen molar-refractivity contribution >= 4 is 27.7 Å². The molecule has 0 aromatic heterocycles. The van der Waals surface area contributed by atoms with E-state index < -0.39 is 33.8 Å². The standard InChI is InChI=1S/C22H19NO7S/c1-11-8-14-15-10-29-31(26,27)16-7-5-4-6-13(16)9-23-19(11)17(20(14)30-12(15)2)18(21(23)24)22(25)28-3/h4-8,15,18H,2,9-10H2,1,3H3. The number of carbonyl (C=O) groups excluding carboxylic acids is 2. The molecule has 0 spiro atoms. The minimum atomic E-state index is -4.10. The minimum Gasteiger partial charge on any atom is -0.468 e. The fourth-order valence-corrected chi connectivity index (χ4v) is 5.69. The lowest BCUT2D eigenvalue weighted by atomic mass is 9.91. The van der Waals surface area contributed by atoms with E-state index in [-0.39, 0.29) is 18.0 Å². The highest BCUT2D eigenvalue weighted by molar-refractivity contribution is 7.86. The molecule has 0 saturated carbocycles. The van der Waals surface area contributed by atoms with E-state index in [1.165, 1.54) is 18.1 Å². The van der Waals surface area contributed by atoms with Gasteiger partial charge in [0.05, 0.1) is 36.8 Å². The number of esters is 1. The molecule has 160 valence electrons. The molecule has 6 bridgehead atoms. The van der Waals surface area contributed by atoms with Crippen molar-refractivity contribution in [3.63, 3.8) is 0 Å². The van der Waals surface area contributed by atoms with E-state index >= 15 is 0 Å². The summed E-state index contributed by atoms with van der Waals surface area (Å²) in [5, 5.41) is 0. The number of hydrogen-bond donors (Lipinski definition) is 0. The van der Waals surface area contributed by atoms with Gasteiger partial charge in [0.15, 0.2) is 5.92 Å². The highest BCUT2D eigenvalue weighted by Gasteiger charge is 2.49. The van der Waals surface area contributed by atoms with Crippen LogP contribution in [0.1, 0.15) is 34.1 Å². The third kappa shape index (κ3) is 2.73. The molecule has 6 rings (SSSR count). The maximum absolute atomic E-state index is 13.4. The number of aryl methyl sites for hydroxylation is 1. The van der Waals surface area contributed by atoms with Gasteiger partial charge in [-0.05, 0) is 30.2 Å². The Labute approximate surface area is 179 Å². The Morgan fingerprint density at radius 2 is 2.03 bits per heavy atom. The predicted octanol–water partition coefficient (Wildman–Crippen LogP) is 2.51. The van der Waals surface area contributed by atoms with Crippen molar-refractivity contribution in [1.29, 1.82) is 0 Å². The van der Waals surface area contributed by atoms with Gasteiger partial charge in [0.2, 0.25) is 5.91 Å². The summed E-state index contributed by atoms with van der Waals surface area (Å²) in [6.07, 6.45) is 0. The van der Waals surface area contributed by atoms with Crippen LogP contribution >= 0.6 is 0 Å². The zero-order chi connectivity index (χ0) is 22.1. The van der Waals surface area contributed by atoms with Crippen molar-refractivity contribution in [2.24, 2.45) is 0 Å². The van der Waals surface area contributed by atoms with Gasteiger partial charge in [-0.15, -0.1) is 0 Å². The lowest BCUT2D eigenvalue weighted by Crippen LogP contribution is -2.32. The van der Waals surface area contributed by atoms with Crippen LogP contribution in [0.15, 0.2) is 47.6 Å². The number of nitrogens with zero attached hydrogens (tertiary/aromatic N) is 1. The summed E-state index contributed by atoms with van der Waals surface area (Å²) >= 11 is 0. The number of benzene rings is 2. The van der Waals surface area contributed by atoms with Crippen LogP contribution in [0, 0.1) is 6.92 Å². The Kier molecular flexibility index (Phi) is 4.25. The van der Waals surface area contributed by atoms with E-state index in [4.69, 9.17) is 13.7 Å². The number of methoxy groups -OCH3 is 1. The third-order valence-corrected chi connectivity index (χ3v) is 7.36. The highest BCUT2D eigenvalue weighted by Crippen LogP contribution is 2.54. The van der Waals surface area contributed by atoms with Crippen molar-refractivity contribution in [3.05, 3.63) is 64.9 Å². The van der Waals surface area contributed by atoms with Gasteiger partial charge < -0.3 is 14.4 Å². The molecular formula is C22H19NO7S. The maximum Gasteiger partial charge on any atom is 0.323 e. The molecule has 4 aliphatic rings. The van der Waals surface area contributed by atoms with Crippen LogP contribution in [0.25, 0.3) is 0 Å². The number of ether oxygens (including phenoxy) is 2. The van der Waals surface area contributed by atoms with E-state index in [1.807, 2.05) is 13.0 Å². The van der Waals surface area contributed by atoms with Gasteiger partial charge in [-0.3, -0.25) is 13.8 Å². The normalized spacial score (nSPS) is 23.1. The lowest BCUT2D eigenvalue weighted by molar-refractivity contribution is -0.145. The number of anilines is 1. The molecule has 0 aliphatic carbocycles. The molecule has 0 radical (unpaired) electrons. The molecule has 4 heterocycles. The smallest absolute Gasteiger partial charge is 0.323 e. The number of fused-ring (bicyclic) bond motifs is 3. The van der Waals surface area contributed by atoms with E-state index in [1.54, 1.807) is 18.2 Å². The fraction of sp³-hybridized carbons (Fsp3) is 0.273. The van der Waals surface area contributed by atoms with E-state index in [9.17, 15) is 18.0 Å². The van der Waals surface area contributed by atoms with E-state index in [2.05, 4.69) is 6.58 Å². The molecule has 0 N–H and O–H groups in total. The highest BCUT2D eigenvalue weighted by atomic mass is 32.2. The average Bonchev–Trinajstić information content (AvgIpc) is 3.20. The monoisotopic (exact) mass is 441 g/mol. The molecule has 0 fully saturated rings. The molecule has 2 unspecified atom stereocenters. The second-order valence-corrected chi connectivity index (χ2v) is 9.31. The van der Waals surface area contributed by atoms with Crippen LogP contribution in [0.4, 0.5) is 5.69 Å². The summed E-state index contributed by atoms with van der Waals surface area (Å²) in [5.41, 5.74) is 2.73. The van der Waals surface area contributed by atoms with Crippen molar-refractivity contribution in [2.45, 2.75) is 30.2 Å². The summed E-state index contributed by atoms with van der Waals surface area (Å²) in [5.74, 6) is -2.33. The van der Waals surface area contributed by atoms with Gasteiger partial charge >= 0.3 is 5.97 Å². The predicted molar refractivity (Wildman–Crippen MR) is 109 cm³/mol. The summed E-state index contributed by atoms with van der Waals surface area (Å²) < 4.78 is 42.1. The molecule has 2 aromatic carbocycles. The molecule has 4 aliphatic heterocycles. The van der Waals surface area contributed by atoms with Crippen molar-refractivity contribution in [3.8, 4) is 5.75 Å². The maximum atomic E-state index is 13.4. The minimum absolute atomic E-state index is 0.0247. The van der Waals surface area contributed by atoms with Crippen molar-refractivity contribution < 1.29 is 31.7 Å². The second kappa shape index (κ2) is 6.66. The molecule has 8 nitrogen and oxygen atoms in total. The summed E-state index contributed by atoms with van der Waals surface area (Å²) in [6, 6.07) is 8.18. The Hall–Kier alpha value is -3.17. The van der Waals surface area contributed by atoms with E-state index in [0.717, 1.165) is 5.56 Å². The van der Waals surface area contributed by atoms with Crippen molar-refractivity contribution in [2.75, 3.05) is 18.6 Å². The molecular weight excluding hydrogens is 422 g/mol. The molecule has 2 atom stereocenters. The molecule has 9 heteroatoms. The largest absolute Gasteiger partial charge is 0.468 e. The topological polar surface area (TPSA) is 99.2 Å².